The minimum absolute atomic E-state index is 0.00228. The first-order valence-corrected chi connectivity index (χ1v) is 10.3. The summed E-state index contributed by atoms with van der Waals surface area (Å²) in [6.45, 7) is 5.22. The van der Waals surface area contributed by atoms with Gasteiger partial charge in [0, 0.05) is 23.7 Å². The number of rotatable bonds is 5. The van der Waals surface area contributed by atoms with Gasteiger partial charge >= 0.3 is 0 Å². The molecule has 0 bridgehead atoms. The van der Waals surface area contributed by atoms with E-state index >= 15 is 0 Å². The van der Waals surface area contributed by atoms with E-state index in [9.17, 15) is 9.59 Å². The van der Waals surface area contributed by atoms with Gasteiger partial charge < -0.3 is 10.2 Å². The Morgan fingerprint density at radius 2 is 1.81 bits per heavy atom. The zero-order valence-corrected chi connectivity index (χ0v) is 16.7. The summed E-state index contributed by atoms with van der Waals surface area (Å²) in [5, 5.41) is 2.80. The van der Waals surface area contributed by atoms with Crippen molar-refractivity contribution in [1.29, 1.82) is 0 Å². The molecule has 1 fully saturated rings. The molecule has 1 N–H and O–H groups in total. The van der Waals surface area contributed by atoms with E-state index in [0.717, 1.165) is 30.0 Å². The SMILES string of the molecule is Cc1ccc(S[C@H](C)C(=O)N2CCC[C@@H](C(=O)Nc3ccccc3)C2)cc1. The van der Waals surface area contributed by atoms with Crippen LogP contribution in [0.4, 0.5) is 5.69 Å². The fraction of sp³-hybridized carbons (Fsp3) is 0.364. The van der Waals surface area contributed by atoms with E-state index in [1.54, 1.807) is 11.8 Å². The molecule has 4 nitrogen and oxygen atoms in total. The molecule has 0 unspecified atom stereocenters. The van der Waals surface area contributed by atoms with Crippen molar-refractivity contribution >= 4 is 29.3 Å². The summed E-state index contributed by atoms with van der Waals surface area (Å²) in [6, 6.07) is 17.7. The van der Waals surface area contributed by atoms with Crippen LogP contribution in [0.25, 0.3) is 0 Å². The van der Waals surface area contributed by atoms with Gasteiger partial charge in [0.25, 0.3) is 0 Å². The number of amides is 2. The monoisotopic (exact) mass is 382 g/mol. The summed E-state index contributed by atoms with van der Waals surface area (Å²) in [5.41, 5.74) is 2.01. The van der Waals surface area contributed by atoms with Gasteiger partial charge in [0.2, 0.25) is 11.8 Å². The van der Waals surface area contributed by atoms with Crippen LogP contribution in [0, 0.1) is 12.8 Å². The molecule has 27 heavy (non-hydrogen) atoms. The molecule has 1 aliphatic rings. The van der Waals surface area contributed by atoms with Crippen molar-refractivity contribution in [1.82, 2.24) is 4.90 Å². The number of nitrogens with one attached hydrogen (secondary N) is 1. The van der Waals surface area contributed by atoms with Crippen LogP contribution < -0.4 is 5.32 Å². The molecule has 2 aromatic carbocycles. The van der Waals surface area contributed by atoms with Gasteiger partial charge in [0.1, 0.15) is 0 Å². The van der Waals surface area contributed by atoms with Crippen molar-refractivity contribution in [3.8, 4) is 0 Å². The van der Waals surface area contributed by atoms with Gasteiger partial charge in [-0.25, -0.2) is 0 Å². The van der Waals surface area contributed by atoms with Gasteiger partial charge in [-0.15, -0.1) is 11.8 Å². The topological polar surface area (TPSA) is 49.4 Å². The highest BCUT2D eigenvalue weighted by atomic mass is 32.2. The number of carbonyl (C=O) groups is 2. The number of para-hydroxylation sites is 1. The van der Waals surface area contributed by atoms with Crippen LogP contribution in [0.2, 0.25) is 0 Å². The molecule has 0 radical (unpaired) electrons. The predicted octanol–water partition coefficient (Wildman–Crippen LogP) is 4.35. The fourth-order valence-corrected chi connectivity index (χ4v) is 4.24. The number of anilines is 1. The van der Waals surface area contributed by atoms with Gasteiger partial charge in [-0.1, -0.05) is 35.9 Å². The zero-order chi connectivity index (χ0) is 19.2. The van der Waals surface area contributed by atoms with Crippen LogP contribution in [-0.4, -0.2) is 35.1 Å². The summed E-state index contributed by atoms with van der Waals surface area (Å²) in [7, 11) is 0. The second-order valence-corrected chi connectivity index (χ2v) is 8.47. The van der Waals surface area contributed by atoms with E-state index in [-0.39, 0.29) is 23.0 Å². The minimum atomic E-state index is -0.163. The molecule has 1 heterocycles. The molecule has 5 heteroatoms. The number of carbonyl (C=O) groups excluding carboxylic acids is 2. The maximum absolute atomic E-state index is 12.9. The number of aryl methyl sites for hydroxylation is 1. The first kappa shape index (κ1) is 19.5. The van der Waals surface area contributed by atoms with E-state index in [4.69, 9.17) is 0 Å². The lowest BCUT2D eigenvalue weighted by molar-refractivity contribution is -0.133. The first-order chi connectivity index (χ1) is 13.0. The first-order valence-electron chi connectivity index (χ1n) is 9.41. The van der Waals surface area contributed by atoms with Crippen LogP contribution in [0.3, 0.4) is 0 Å². The fourth-order valence-electron chi connectivity index (χ4n) is 3.29. The molecule has 0 spiro atoms. The maximum atomic E-state index is 12.9. The highest BCUT2D eigenvalue weighted by Crippen LogP contribution is 2.27. The molecule has 1 aliphatic heterocycles. The molecular formula is C22H26N2O2S. The van der Waals surface area contributed by atoms with Crippen LogP contribution in [0.5, 0.6) is 0 Å². The summed E-state index contributed by atoms with van der Waals surface area (Å²) in [5.74, 6) is -0.0465. The summed E-state index contributed by atoms with van der Waals surface area (Å²) >= 11 is 1.57. The minimum Gasteiger partial charge on any atom is -0.341 e. The smallest absolute Gasteiger partial charge is 0.235 e. The average Bonchev–Trinajstić information content (AvgIpc) is 2.70. The van der Waals surface area contributed by atoms with Crippen LogP contribution >= 0.6 is 11.8 Å². The van der Waals surface area contributed by atoms with Crippen molar-refractivity contribution < 1.29 is 9.59 Å². The lowest BCUT2D eigenvalue weighted by Crippen LogP contribution is -2.46. The van der Waals surface area contributed by atoms with E-state index in [1.165, 1.54) is 5.56 Å². The van der Waals surface area contributed by atoms with E-state index in [0.29, 0.717) is 6.54 Å². The third-order valence-electron chi connectivity index (χ3n) is 4.83. The second kappa shape index (κ2) is 9.09. The normalized spacial score (nSPS) is 18.0. The van der Waals surface area contributed by atoms with Gasteiger partial charge in [0.15, 0.2) is 0 Å². The largest absolute Gasteiger partial charge is 0.341 e. The molecule has 3 rings (SSSR count). The van der Waals surface area contributed by atoms with E-state index in [2.05, 4.69) is 36.5 Å². The third kappa shape index (κ3) is 5.36. The van der Waals surface area contributed by atoms with Gasteiger partial charge in [-0.2, -0.15) is 0 Å². The van der Waals surface area contributed by atoms with Crippen molar-refractivity contribution in [3.05, 3.63) is 60.2 Å². The molecular weight excluding hydrogens is 356 g/mol. The lowest BCUT2D eigenvalue weighted by Gasteiger charge is -2.33. The van der Waals surface area contributed by atoms with E-state index in [1.807, 2.05) is 42.2 Å². The Labute approximate surface area is 165 Å². The summed E-state index contributed by atoms with van der Waals surface area (Å²) < 4.78 is 0. The zero-order valence-electron chi connectivity index (χ0n) is 15.9. The van der Waals surface area contributed by atoms with Crippen LogP contribution in [0.1, 0.15) is 25.3 Å². The molecule has 2 amide bonds. The standard InChI is InChI=1S/C22H26N2O2S/c1-16-10-12-20(13-11-16)27-17(2)22(26)24-14-6-7-18(15-24)21(25)23-19-8-4-3-5-9-19/h3-5,8-13,17-18H,6-7,14-15H2,1-2H3,(H,23,25)/t17-,18-/m1/s1. The Hall–Kier alpha value is -2.27. The molecule has 1 saturated heterocycles. The van der Waals surface area contributed by atoms with Gasteiger partial charge in [-0.05, 0) is 51.0 Å². The van der Waals surface area contributed by atoms with E-state index < -0.39 is 0 Å². The summed E-state index contributed by atoms with van der Waals surface area (Å²) in [4.78, 5) is 28.4. The number of piperidine rings is 1. The molecule has 2 atom stereocenters. The number of hydrogen-bond acceptors (Lipinski definition) is 3. The van der Waals surface area contributed by atoms with Gasteiger partial charge in [-0.3, -0.25) is 9.59 Å². The van der Waals surface area contributed by atoms with Crippen molar-refractivity contribution in [2.75, 3.05) is 18.4 Å². The Kier molecular flexibility index (Phi) is 6.56. The lowest BCUT2D eigenvalue weighted by atomic mass is 9.96. The number of likely N-dealkylation sites (tertiary alicyclic amines) is 1. The molecule has 0 aromatic heterocycles. The average molecular weight is 383 g/mol. The van der Waals surface area contributed by atoms with Crippen molar-refractivity contribution in [2.24, 2.45) is 5.92 Å². The van der Waals surface area contributed by atoms with Crippen LogP contribution in [0.15, 0.2) is 59.5 Å². The van der Waals surface area contributed by atoms with Gasteiger partial charge in [0.05, 0.1) is 11.2 Å². The molecule has 2 aromatic rings. The third-order valence-corrected chi connectivity index (χ3v) is 5.93. The quantitative estimate of drug-likeness (QED) is 0.782. The number of thioether (sulfide) groups is 1. The highest BCUT2D eigenvalue weighted by molar-refractivity contribution is 8.00. The molecule has 0 saturated carbocycles. The second-order valence-electron chi connectivity index (χ2n) is 7.05. The number of hydrogen-bond donors (Lipinski definition) is 1. The Balaban J connectivity index is 1.57. The number of nitrogens with zero attached hydrogens (tertiary/aromatic N) is 1. The highest BCUT2D eigenvalue weighted by Gasteiger charge is 2.30. The number of benzene rings is 2. The Bertz CT molecular complexity index is 777. The summed E-state index contributed by atoms with van der Waals surface area (Å²) in [6.07, 6.45) is 1.68. The Morgan fingerprint density at radius 1 is 1.11 bits per heavy atom. The van der Waals surface area contributed by atoms with Crippen molar-refractivity contribution in [3.63, 3.8) is 0 Å². The van der Waals surface area contributed by atoms with Crippen LogP contribution in [-0.2, 0) is 9.59 Å². The van der Waals surface area contributed by atoms with Crippen molar-refractivity contribution in [2.45, 2.75) is 36.8 Å². The predicted molar refractivity (Wildman–Crippen MR) is 111 cm³/mol. The molecule has 0 aliphatic carbocycles. The maximum Gasteiger partial charge on any atom is 0.235 e. The Morgan fingerprint density at radius 3 is 2.52 bits per heavy atom. The molecule has 142 valence electrons.